The molecule has 2 N–H and O–H groups in total. The highest BCUT2D eigenvalue weighted by atomic mass is 32.2. The van der Waals surface area contributed by atoms with Crippen molar-refractivity contribution in [3.63, 3.8) is 0 Å². The summed E-state index contributed by atoms with van der Waals surface area (Å²) in [6, 6.07) is 9.16. The number of benzene rings is 2. The lowest BCUT2D eigenvalue weighted by Crippen LogP contribution is -2.41. The quantitative estimate of drug-likeness (QED) is 0.702. The van der Waals surface area contributed by atoms with Crippen LogP contribution in [0.3, 0.4) is 0 Å². The fraction of sp³-hybridized carbons (Fsp3) is 0.222. The summed E-state index contributed by atoms with van der Waals surface area (Å²) in [5.74, 6) is -1.63. The molecule has 0 aliphatic heterocycles. The predicted molar refractivity (Wildman–Crippen MR) is 97.2 cm³/mol. The standard InChI is InChI=1S/C18H19FN2O5S/c1-3-26-18(23)13-4-8-15(9-5-13)20-17(22)12(2)21-27(24,25)16-10-6-14(19)7-11-16/h4-12,21H,3H2,1-2H3,(H,20,22)/t12-/m0/s1. The molecule has 0 heterocycles. The molecule has 1 amide bonds. The molecule has 2 aromatic carbocycles. The van der Waals surface area contributed by atoms with Crippen molar-refractivity contribution in [2.75, 3.05) is 11.9 Å². The Morgan fingerprint density at radius 1 is 1.07 bits per heavy atom. The number of hydrogen-bond donors (Lipinski definition) is 2. The first kappa shape index (κ1) is 20.5. The van der Waals surface area contributed by atoms with E-state index in [9.17, 15) is 22.4 Å². The van der Waals surface area contributed by atoms with Crippen LogP contribution in [-0.2, 0) is 19.6 Å². The molecule has 144 valence electrons. The average molecular weight is 394 g/mol. The molecular formula is C18H19FN2O5S. The lowest BCUT2D eigenvalue weighted by atomic mass is 10.2. The zero-order valence-electron chi connectivity index (χ0n) is 14.7. The number of amides is 1. The molecule has 0 radical (unpaired) electrons. The van der Waals surface area contributed by atoms with E-state index in [1.807, 2.05) is 0 Å². The second-order valence-corrected chi connectivity index (χ2v) is 7.30. The third-order valence-corrected chi connectivity index (χ3v) is 5.07. The van der Waals surface area contributed by atoms with E-state index in [2.05, 4.69) is 10.0 Å². The van der Waals surface area contributed by atoms with Gasteiger partial charge in [0.2, 0.25) is 15.9 Å². The molecule has 1 atom stereocenters. The van der Waals surface area contributed by atoms with Crippen LogP contribution in [0.4, 0.5) is 10.1 Å². The number of anilines is 1. The van der Waals surface area contributed by atoms with Crippen molar-refractivity contribution in [2.24, 2.45) is 0 Å². The van der Waals surface area contributed by atoms with E-state index < -0.39 is 33.8 Å². The van der Waals surface area contributed by atoms with Crippen LogP contribution in [0.25, 0.3) is 0 Å². The van der Waals surface area contributed by atoms with E-state index in [0.29, 0.717) is 11.3 Å². The zero-order valence-corrected chi connectivity index (χ0v) is 15.5. The topological polar surface area (TPSA) is 102 Å². The maximum atomic E-state index is 12.9. The lowest BCUT2D eigenvalue weighted by molar-refractivity contribution is -0.117. The Hall–Kier alpha value is -2.78. The molecule has 27 heavy (non-hydrogen) atoms. The fourth-order valence-corrected chi connectivity index (χ4v) is 3.33. The van der Waals surface area contributed by atoms with Crippen LogP contribution in [-0.4, -0.2) is 32.9 Å². The lowest BCUT2D eigenvalue weighted by Gasteiger charge is -2.14. The number of nitrogens with one attached hydrogen (secondary N) is 2. The average Bonchev–Trinajstić information content (AvgIpc) is 2.62. The summed E-state index contributed by atoms with van der Waals surface area (Å²) in [5, 5.41) is 2.54. The fourth-order valence-electron chi connectivity index (χ4n) is 2.12. The zero-order chi connectivity index (χ0) is 20.0. The van der Waals surface area contributed by atoms with Gasteiger partial charge in [0.05, 0.1) is 23.1 Å². The summed E-state index contributed by atoms with van der Waals surface area (Å²) in [4.78, 5) is 23.6. The van der Waals surface area contributed by atoms with Crippen molar-refractivity contribution in [1.82, 2.24) is 4.72 Å². The molecule has 0 aliphatic carbocycles. The first-order valence-corrected chi connectivity index (χ1v) is 9.57. The molecule has 7 nitrogen and oxygen atoms in total. The maximum Gasteiger partial charge on any atom is 0.338 e. The molecule has 0 unspecified atom stereocenters. The molecule has 0 spiro atoms. The van der Waals surface area contributed by atoms with Gasteiger partial charge in [-0.1, -0.05) is 0 Å². The van der Waals surface area contributed by atoms with Gasteiger partial charge in [0.25, 0.3) is 0 Å². The number of halogens is 1. The molecule has 2 aromatic rings. The van der Waals surface area contributed by atoms with Gasteiger partial charge < -0.3 is 10.1 Å². The van der Waals surface area contributed by atoms with E-state index in [-0.39, 0.29) is 11.5 Å². The van der Waals surface area contributed by atoms with E-state index >= 15 is 0 Å². The monoisotopic (exact) mass is 394 g/mol. The van der Waals surface area contributed by atoms with Crippen molar-refractivity contribution in [3.8, 4) is 0 Å². The van der Waals surface area contributed by atoms with E-state index in [1.54, 1.807) is 6.92 Å². The second kappa shape index (κ2) is 8.74. The molecule has 0 bridgehead atoms. The minimum absolute atomic E-state index is 0.151. The van der Waals surface area contributed by atoms with Gasteiger partial charge in [-0.15, -0.1) is 0 Å². The van der Waals surface area contributed by atoms with Gasteiger partial charge in [-0.25, -0.2) is 17.6 Å². The molecule has 0 saturated carbocycles. The first-order chi connectivity index (χ1) is 12.7. The summed E-state index contributed by atoms with van der Waals surface area (Å²) in [5.41, 5.74) is 0.723. The van der Waals surface area contributed by atoms with Crippen LogP contribution >= 0.6 is 0 Å². The Morgan fingerprint density at radius 3 is 2.22 bits per heavy atom. The van der Waals surface area contributed by atoms with Crippen LogP contribution in [0, 0.1) is 5.82 Å². The molecule has 0 fully saturated rings. The van der Waals surface area contributed by atoms with Gasteiger partial charge in [-0.3, -0.25) is 4.79 Å². The van der Waals surface area contributed by atoms with Crippen molar-refractivity contribution in [3.05, 3.63) is 59.9 Å². The predicted octanol–water partition coefficient (Wildman–Crippen LogP) is 2.31. The van der Waals surface area contributed by atoms with Crippen molar-refractivity contribution >= 4 is 27.6 Å². The number of esters is 1. The second-order valence-electron chi connectivity index (χ2n) is 5.58. The Balaban J connectivity index is 2.01. The minimum atomic E-state index is -3.98. The van der Waals surface area contributed by atoms with Crippen LogP contribution in [0.1, 0.15) is 24.2 Å². The van der Waals surface area contributed by atoms with Crippen molar-refractivity contribution in [1.29, 1.82) is 0 Å². The summed E-state index contributed by atoms with van der Waals surface area (Å²) in [6.07, 6.45) is 0. The van der Waals surface area contributed by atoms with E-state index in [1.165, 1.54) is 31.2 Å². The number of carbonyl (C=O) groups is 2. The largest absolute Gasteiger partial charge is 0.462 e. The smallest absolute Gasteiger partial charge is 0.338 e. The van der Waals surface area contributed by atoms with E-state index in [4.69, 9.17) is 4.74 Å². The molecule has 2 rings (SSSR count). The van der Waals surface area contributed by atoms with Crippen LogP contribution in [0.15, 0.2) is 53.4 Å². The first-order valence-electron chi connectivity index (χ1n) is 8.09. The van der Waals surface area contributed by atoms with Crippen LogP contribution < -0.4 is 10.0 Å². The SMILES string of the molecule is CCOC(=O)c1ccc(NC(=O)[C@H](C)NS(=O)(=O)c2ccc(F)cc2)cc1. The highest BCUT2D eigenvalue weighted by Crippen LogP contribution is 2.13. The van der Waals surface area contributed by atoms with Gasteiger partial charge in [0.15, 0.2) is 0 Å². The normalized spacial score (nSPS) is 12.3. The molecule has 0 aliphatic rings. The van der Waals surface area contributed by atoms with Gasteiger partial charge in [0, 0.05) is 5.69 Å². The van der Waals surface area contributed by atoms with Gasteiger partial charge >= 0.3 is 5.97 Å². The molecule has 0 saturated heterocycles. The van der Waals surface area contributed by atoms with E-state index in [0.717, 1.165) is 24.3 Å². The number of ether oxygens (including phenoxy) is 1. The molecule has 9 heteroatoms. The Kier molecular flexibility index (Phi) is 6.65. The maximum absolute atomic E-state index is 12.9. The number of sulfonamides is 1. The number of carbonyl (C=O) groups excluding carboxylic acids is 2. The van der Waals surface area contributed by atoms with Gasteiger partial charge in [0.1, 0.15) is 5.82 Å². The van der Waals surface area contributed by atoms with Crippen molar-refractivity contribution < 1.29 is 27.1 Å². The number of hydrogen-bond acceptors (Lipinski definition) is 5. The third-order valence-electron chi connectivity index (χ3n) is 3.51. The summed E-state index contributed by atoms with van der Waals surface area (Å²) < 4.78 is 44.5. The van der Waals surface area contributed by atoms with Crippen LogP contribution in [0.5, 0.6) is 0 Å². The third kappa shape index (κ3) is 5.60. The van der Waals surface area contributed by atoms with Crippen LogP contribution in [0.2, 0.25) is 0 Å². The Morgan fingerprint density at radius 2 is 1.67 bits per heavy atom. The van der Waals surface area contributed by atoms with Gasteiger partial charge in [-0.05, 0) is 62.4 Å². The highest BCUT2D eigenvalue weighted by molar-refractivity contribution is 7.89. The highest BCUT2D eigenvalue weighted by Gasteiger charge is 2.22. The molecule has 0 aromatic heterocycles. The van der Waals surface area contributed by atoms with Gasteiger partial charge in [-0.2, -0.15) is 4.72 Å². The summed E-state index contributed by atoms with van der Waals surface area (Å²) >= 11 is 0. The number of rotatable bonds is 7. The van der Waals surface area contributed by atoms with Crippen molar-refractivity contribution in [2.45, 2.75) is 24.8 Å². The molecular weight excluding hydrogens is 375 g/mol. The summed E-state index contributed by atoms with van der Waals surface area (Å²) in [6.45, 7) is 3.33. The minimum Gasteiger partial charge on any atom is -0.462 e. The summed E-state index contributed by atoms with van der Waals surface area (Å²) in [7, 11) is -3.98. The Labute approximate surface area is 156 Å². The Bertz CT molecular complexity index is 912.